The summed E-state index contributed by atoms with van der Waals surface area (Å²) in [5.41, 5.74) is 1.70. The van der Waals surface area contributed by atoms with Crippen molar-refractivity contribution in [2.24, 2.45) is 0 Å². The number of ether oxygens (including phenoxy) is 1. The van der Waals surface area contributed by atoms with Crippen LogP contribution in [0.2, 0.25) is 0 Å². The number of para-hydroxylation sites is 1. The third kappa shape index (κ3) is 6.49. The average Bonchev–Trinajstić information content (AvgIpc) is 3.69. The molecule has 48 heavy (non-hydrogen) atoms. The van der Waals surface area contributed by atoms with Crippen LogP contribution in [0.4, 0.5) is 5.69 Å². The largest absolute Gasteiger partial charge is 0.452 e. The van der Waals surface area contributed by atoms with Gasteiger partial charge in [0.2, 0.25) is 20.9 Å². The number of esters is 1. The van der Waals surface area contributed by atoms with Crippen molar-refractivity contribution in [3.05, 3.63) is 96.6 Å². The molecule has 3 heterocycles. The molecule has 1 aliphatic rings. The number of benzene rings is 4. The Morgan fingerprint density at radius 1 is 0.854 bits per heavy atom. The van der Waals surface area contributed by atoms with Gasteiger partial charge in [-0.25, -0.2) is 13.2 Å². The number of fused-ring (bicyclic) bond motifs is 4. The van der Waals surface area contributed by atoms with E-state index in [4.69, 9.17) is 4.74 Å². The van der Waals surface area contributed by atoms with E-state index >= 15 is 0 Å². The van der Waals surface area contributed by atoms with E-state index in [9.17, 15) is 22.8 Å². The monoisotopic (exact) mass is 700 g/mol. The highest BCUT2D eigenvalue weighted by Crippen LogP contribution is 2.29. The number of carbonyl (C=O) groups excluding carboxylic acids is 3. The molecule has 15 heteroatoms. The summed E-state index contributed by atoms with van der Waals surface area (Å²) in [6, 6.07) is 26.7. The summed E-state index contributed by atoms with van der Waals surface area (Å²) in [7, 11) is -3.73. The molecule has 7 rings (SSSR count). The molecule has 4 aromatic carbocycles. The first-order valence-electron chi connectivity index (χ1n) is 15.0. The summed E-state index contributed by atoms with van der Waals surface area (Å²) in [6.07, 6.45) is 0. The highest BCUT2D eigenvalue weighted by molar-refractivity contribution is 7.99. The summed E-state index contributed by atoms with van der Waals surface area (Å²) in [6.45, 7) is 0.161. The molecule has 2 amide bonds. The molecule has 1 aliphatic heterocycles. The van der Waals surface area contributed by atoms with Gasteiger partial charge in [0.25, 0.3) is 5.91 Å². The van der Waals surface area contributed by atoms with Gasteiger partial charge >= 0.3 is 5.97 Å². The number of nitrogens with one attached hydrogen (secondary N) is 1. The smallest absolute Gasteiger partial charge is 0.338 e. The Bertz CT molecular complexity index is 2280. The number of thiazole rings is 1. The maximum Gasteiger partial charge on any atom is 0.338 e. The van der Waals surface area contributed by atoms with E-state index in [1.807, 2.05) is 52.9 Å². The number of thioether (sulfide) groups is 1. The van der Waals surface area contributed by atoms with Gasteiger partial charge in [0.05, 0.1) is 26.4 Å². The second kappa shape index (κ2) is 13.4. The molecular weight excluding hydrogens is 673 g/mol. The molecule has 12 nitrogen and oxygen atoms in total. The summed E-state index contributed by atoms with van der Waals surface area (Å²) in [5.74, 6) is -1.23. The molecule has 1 saturated heterocycles. The predicted molar refractivity (Wildman–Crippen MR) is 184 cm³/mol. The van der Waals surface area contributed by atoms with E-state index in [1.165, 1.54) is 44.4 Å². The Kier molecular flexibility index (Phi) is 8.83. The van der Waals surface area contributed by atoms with Gasteiger partial charge in [0.15, 0.2) is 11.8 Å². The first-order chi connectivity index (χ1) is 23.3. The van der Waals surface area contributed by atoms with E-state index in [0.717, 1.165) is 25.9 Å². The van der Waals surface area contributed by atoms with E-state index < -0.39 is 28.5 Å². The van der Waals surface area contributed by atoms with Crippen LogP contribution in [-0.2, 0) is 24.3 Å². The maximum absolute atomic E-state index is 13.2. The van der Waals surface area contributed by atoms with Gasteiger partial charge in [-0.15, -0.1) is 10.2 Å². The fraction of sp³-hybridized carbons (Fsp3) is 0.182. The number of hydrogen-bond donors (Lipinski definition) is 1. The van der Waals surface area contributed by atoms with Crippen molar-refractivity contribution >= 4 is 82.5 Å². The van der Waals surface area contributed by atoms with Gasteiger partial charge in [-0.1, -0.05) is 65.6 Å². The minimum absolute atomic E-state index is 0.112. The van der Waals surface area contributed by atoms with Crippen LogP contribution in [0.5, 0.6) is 0 Å². The molecule has 0 atom stereocenters. The average molecular weight is 701 g/mol. The van der Waals surface area contributed by atoms with Crippen LogP contribution in [0.15, 0.2) is 101 Å². The highest BCUT2D eigenvalue weighted by atomic mass is 32.2. The summed E-state index contributed by atoms with van der Waals surface area (Å²) >= 11 is 2.80. The summed E-state index contributed by atoms with van der Waals surface area (Å²) in [4.78, 5) is 40.5. The fourth-order valence-corrected chi connectivity index (χ4v) is 8.65. The molecule has 6 aromatic rings. The zero-order valence-electron chi connectivity index (χ0n) is 25.3. The second-order valence-electron chi connectivity index (χ2n) is 11.0. The molecule has 1 N–H and O–H groups in total. The third-order valence-corrected chi connectivity index (χ3v) is 11.8. The number of piperazine rings is 1. The number of aromatic nitrogens is 3. The van der Waals surface area contributed by atoms with Crippen LogP contribution in [0.25, 0.3) is 25.9 Å². The van der Waals surface area contributed by atoms with Gasteiger partial charge in [-0.05, 0) is 59.3 Å². The van der Waals surface area contributed by atoms with Gasteiger partial charge in [0.1, 0.15) is 0 Å². The number of anilines is 1. The minimum Gasteiger partial charge on any atom is -0.452 e. The van der Waals surface area contributed by atoms with Gasteiger partial charge in [-0.3, -0.25) is 14.0 Å². The molecule has 244 valence electrons. The van der Waals surface area contributed by atoms with Crippen molar-refractivity contribution in [2.75, 3.05) is 43.9 Å². The number of sulfonamides is 1. The molecule has 2 aromatic heterocycles. The Morgan fingerprint density at radius 3 is 2.38 bits per heavy atom. The number of amides is 2. The lowest BCUT2D eigenvalue weighted by molar-refractivity contribution is -0.135. The Hall–Kier alpha value is -4.83. The van der Waals surface area contributed by atoms with Gasteiger partial charge in [0, 0.05) is 31.9 Å². The first-order valence-corrected chi connectivity index (χ1v) is 18.2. The van der Waals surface area contributed by atoms with Crippen LogP contribution in [0.1, 0.15) is 10.4 Å². The Morgan fingerprint density at radius 2 is 1.58 bits per heavy atom. The van der Waals surface area contributed by atoms with Crippen molar-refractivity contribution < 1.29 is 27.5 Å². The van der Waals surface area contributed by atoms with Crippen molar-refractivity contribution in [1.82, 2.24) is 23.8 Å². The lowest BCUT2D eigenvalue weighted by Gasteiger charge is -2.33. The molecule has 0 bridgehead atoms. The quantitative estimate of drug-likeness (QED) is 0.170. The van der Waals surface area contributed by atoms with Crippen LogP contribution < -0.4 is 5.32 Å². The Labute approximate surface area is 283 Å². The molecule has 0 radical (unpaired) electrons. The molecular formula is C33H28N6O6S3. The molecule has 0 unspecified atom stereocenters. The number of hydrogen-bond acceptors (Lipinski definition) is 10. The molecule has 1 fully saturated rings. The summed E-state index contributed by atoms with van der Waals surface area (Å²) < 4.78 is 36.1. The third-order valence-electron chi connectivity index (χ3n) is 7.92. The first kappa shape index (κ1) is 31.8. The number of rotatable bonds is 9. The molecule has 0 saturated carbocycles. The zero-order chi connectivity index (χ0) is 33.3. The molecule has 0 spiro atoms. The van der Waals surface area contributed by atoms with E-state index in [0.29, 0.717) is 10.8 Å². The fourth-order valence-electron chi connectivity index (χ4n) is 5.42. The normalized spacial score (nSPS) is 14.0. The lowest BCUT2D eigenvalue weighted by Crippen LogP contribution is -2.51. The number of carbonyl (C=O) groups is 3. The SMILES string of the molecule is O=C(CSc1nnc2sc3ccccc3n12)Nc1ccc(C(=O)OCC(=O)N2CCN(S(=O)(=O)c3ccc4ccccc4c3)CC2)cc1. The van der Waals surface area contributed by atoms with E-state index in [1.54, 1.807) is 30.3 Å². The van der Waals surface area contributed by atoms with Crippen molar-refractivity contribution in [3.63, 3.8) is 0 Å². The van der Waals surface area contributed by atoms with Crippen molar-refractivity contribution in [2.45, 2.75) is 10.1 Å². The Balaban J connectivity index is 0.869. The molecule has 0 aliphatic carbocycles. The van der Waals surface area contributed by atoms with Gasteiger partial charge in [-0.2, -0.15) is 4.31 Å². The standard InChI is InChI=1S/C33H28N6O6S3/c40-29(21-46-32-35-36-33-39(32)27-7-3-4-8-28(27)47-33)34-25-12-9-23(10-13-25)31(42)45-20-30(41)37-15-17-38(18-16-37)48(43,44)26-14-11-22-5-1-2-6-24(22)19-26/h1-14,19H,15-18,20-21H2,(H,34,40). The van der Waals surface area contributed by atoms with Crippen LogP contribution in [-0.4, -0.2) is 88.5 Å². The van der Waals surface area contributed by atoms with Crippen LogP contribution >= 0.6 is 23.1 Å². The highest BCUT2D eigenvalue weighted by Gasteiger charge is 2.30. The van der Waals surface area contributed by atoms with Crippen molar-refractivity contribution in [3.8, 4) is 0 Å². The number of nitrogens with zero attached hydrogens (tertiary/aromatic N) is 5. The van der Waals surface area contributed by atoms with E-state index in [-0.39, 0.29) is 48.3 Å². The summed E-state index contributed by atoms with van der Waals surface area (Å²) in [5, 5.41) is 13.6. The lowest BCUT2D eigenvalue weighted by atomic mass is 10.1. The zero-order valence-corrected chi connectivity index (χ0v) is 27.8. The predicted octanol–water partition coefficient (Wildman–Crippen LogP) is 4.52. The minimum atomic E-state index is -3.73. The van der Waals surface area contributed by atoms with Gasteiger partial charge < -0.3 is 15.0 Å². The second-order valence-corrected chi connectivity index (χ2v) is 14.8. The van der Waals surface area contributed by atoms with E-state index in [2.05, 4.69) is 15.5 Å². The van der Waals surface area contributed by atoms with Crippen molar-refractivity contribution in [1.29, 1.82) is 0 Å². The van der Waals surface area contributed by atoms with Crippen LogP contribution in [0.3, 0.4) is 0 Å². The van der Waals surface area contributed by atoms with Crippen LogP contribution in [0, 0.1) is 0 Å². The topological polar surface area (TPSA) is 143 Å². The maximum atomic E-state index is 13.2.